The average molecular weight is 219 g/mol. The summed E-state index contributed by atoms with van der Waals surface area (Å²) in [5.41, 5.74) is 1.37. The van der Waals surface area contributed by atoms with E-state index in [-0.39, 0.29) is 5.54 Å². The van der Waals surface area contributed by atoms with Crippen LogP contribution in [0.4, 0.5) is 0 Å². The van der Waals surface area contributed by atoms with Gasteiger partial charge in [-0.1, -0.05) is 24.8 Å². The highest BCUT2D eigenvalue weighted by atomic mass is 16.5. The number of ether oxygens (including phenoxy) is 1. The fourth-order valence-corrected chi connectivity index (χ4v) is 1.27. The summed E-state index contributed by atoms with van der Waals surface area (Å²) in [7, 11) is 0. The smallest absolute Gasteiger partial charge is 0.120 e. The average Bonchev–Trinajstić information content (AvgIpc) is 2.23. The molecule has 0 bridgehead atoms. The summed E-state index contributed by atoms with van der Waals surface area (Å²) in [5, 5.41) is 3.45. The van der Waals surface area contributed by atoms with Crippen LogP contribution in [0.5, 0.6) is 5.75 Å². The van der Waals surface area contributed by atoms with Crippen molar-refractivity contribution in [2.75, 3.05) is 6.61 Å². The lowest BCUT2D eigenvalue weighted by Crippen LogP contribution is -2.35. The van der Waals surface area contributed by atoms with Gasteiger partial charge in [-0.15, -0.1) is 0 Å². The van der Waals surface area contributed by atoms with Crippen molar-refractivity contribution in [1.29, 1.82) is 0 Å². The molecule has 0 aliphatic heterocycles. The highest BCUT2D eigenvalue weighted by Crippen LogP contribution is 2.14. The second-order valence-electron chi connectivity index (χ2n) is 4.85. The first-order chi connectivity index (χ1) is 7.51. The van der Waals surface area contributed by atoms with E-state index in [9.17, 15) is 0 Å². The number of benzene rings is 1. The molecule has 1 aromatic rings. The van der Waals surface area contributed by atoms with E-state index in [1.54, 1.807) is 6.08 Å². The highest BCUT2D eigenvalue weighted by Gasteiger charge is 2.08. The number of nitrogens with one attached hydrogen (secondary N) is 1. The Labute approximate surface area is 98.3 Å². The van der Waals surface area contributed by atoms with E-state index >= 15 is 0 Å². The van der Waals surface area contributed by atoms with Crippen LogP contribution in [-0.4, -0.2) is 12.1 Å². The largest absolute Gasteiger partial charge is 0.490 e. The molecule has 0 saturated carbocycles. The lowest BCUT2D eigenvalue weighted by Gasteiger charge is -2.20. The molecular weight excluding hydrogens is 198 g/mol. The maximum Gasteiger partial charge on any atom is 0.120 e. The summed E-state index contributed by atoms with van der Waals surface area (Å²) >= 11 is 0. The molecule has 2 nitrogen and oxygen atoms in total. The summed E-state index contributed by atoms with van der Waals surface area (Å²) in [4.78, 5) is 0. The molecule has 1 N–H and O–H groups in total. The standard InChI is InChI=1S/C14H21NO/c1-5-9-16-13-8-6-7-12(10-13)11-15-14(2,3)4/h5-8,10,15H,1,9,11H2,2-4H3. The molecule has 0 heterocycles. The third-order valence-electron chi connectivity index (χ3n) is 2.09. The van der Waals surface area contributed by atoms with E-state index < -0.39 is 0 Å². The molecule has 0 amide bonds. The molecule has 0 aromatic heterocycles. The predicted molar refractivity (Wildman–Crippen MR) is 68.7 cm³/mol. The molecule has 2 heteroatoms. The van der Waals surface area contributed by atoms with Gasteiger partial charge in [0.1, 0.15) is 12.4 Å². The van der Waals surface area contributed by atoms with Gasteiger partial charge in [-0.2, -0.15) is 0 Å². The first kappa shape index (κ1) is 12.8. The van der Waals surface area contributed by atoms with E-state index in [1.807, 2.05) is 12.1 Å². The Bertz CT molecular complexity index is 339. The lowest BCUT2D eigenvalue weighted by atomic mass is 10.1. The Balaban J connectivity index is 2.56. The van der Waals surface area contributed by atoms with Gasteiger partial charge in [-0.3, -0.25) is 0 Å². The molecule has 1 aromatic carbocycles. The van der Waals surface area contributed by atoms with Gasteiger partial charge in [0.15, 0.2) is 0 Å². The van der Waals surface area contributed by atoms with Crippen molar-refractivity contribution >= 4 is 0 Å². The molecule has 88 valence electrons. The van der Waals surface area contributed by atoms with Gasteiger partial charge in [0.2, 0.25) is 0 Å². The van der Waals surface area contributed by atoms with Gasteiger partial charge in [0.25, 0.3) is 0 Å². The normalized spacial score (nSPS) is 11.2. The first-order valence-corrected chi connectivity index (χ1v) is 5.59. The van der Waals surface area contributed by atoms with Crippen molar-refractivity contribution in [2.24, 2.45) is 0 Å². The van der Waals surface area contributed by atoms with Crippen LogP contribution in [0.15, 0.2) is 36.9 Å². The molecule has 16 heavy (non-hydrogen) atoms. The Morgan fingerprint density at radius 3 is 2.75 bits per heavy atom. The van der Waals surface area contributed by atoms with Crippen LogP contribution in [-0.2, 0) is 6.54 Å². The minimum Gasteiger partial charge on any atom is -0.490 e. The quantitative estimate of drug-likeness (QED) is 0.768. The second-order valence-corrected chi connectivity index (χ2v) is 4.85. The Morgan fingerprint density at radius 1 is 1.38 bits per heavy atom. The third-order valence-corrected chi connectivity index (χ3v) is 2.09. The highest BCUT2D eigenvalue weighted by molar-refractivity contribution is 5.28. The SMILES string of the molecule is C=CCOc1cccc(CNC(C)(C)C)c1. The summed E-state index contributed by atoms with van der Waals surface area (Å²) in [6, 6.07) is 8.13. The van der Waals surface area contributed by atoms with E-state index in [2.05, 4.69) is 44.8 Å². The van der Waals surface area contributed by atoms with Crippen LogP contribution >= 0.6 is 0 Å². The summed E-state index contributed by atoms with van der Waals surface area (Å²) in [6.45, 7) is 11.5. The Morgan fingerprint density at radius 2 is 2.12 bits per heavy atom. The van der Waals surface area contributed by atoms with Crippen molar-refractivity contribution in [2.45, 2.75) is 32.9 Å². The van der Waals surface area contributed by atoms with E-state index in [4.69, 9.17) is 4.74 Å². The fraction of sp³-hybridized carbons (Fsp3) is 0.429. The van der Waals surface area contributed by atoms with Gasteiger partial charge < -0.3 is 10.1 Å². The van der Waals surface area contributed by atoms with E-state index in [0.29, 0.717) is 6.61 Å². The molecule has 0 unspecified atom stereocenters. The molecule has 1 rings (SSSR count). The summed E-state index contributed by atoms with van der Waals surface area (Å²) in [6.07, 6.45) is 1.75. The zero-order valence-corrected chi connectivity index (χ0v) is 10.4. The van der Waals surface area contributed by atoms with Crippen molar-refractivity contribution in [3.8, 4) is 5.75 Å². The van der Waals surface area contributed by atoms with Gasteiger partial charge in [0, 0.05) is 12.1 Å². The van der Waals surface area contributed by atoms with Crippen LogP contribution in [0.25, 0.3) is 0 Å². The van der Waals surface area contributed by atoms with Crippen molar-refractivity contribution < 1.29 is 4.74 Å². The molecule has 0 fully saturated rings. The van der Waals surface area contributed by atoms with Crippen LogP contribution in [0.2, 0.25) is 0 Å². The van der Waals surface area contributed by atoms with Gasteiger partial charge in [0.05, 0.1) is 0 Å². The van der Waals surface area contributed by atoms with Gasteiger partial charge in [-0.25, -0.2) is 0 Å². The monoisotopic (exact) mass is 219 g/mol. The minimum absolute atomic E-state index is 0.137. The summed E-state index contributed by atoms with van der Waals surface area (Å²) < 4.78 is 5.48. The number of rotatable bonds is 5. The minimum atomic E-state index is 0.137. The zero-order valence-electron chi connectivity index (χ0n) is 10.4. The fourth-order valence-electron chi connectivity index (χ4n) is 1.27. The van der Waals surface area contributed by atoms with Gasteiger partial charge in [-0.05, 0) is 38.5 Å². The zero-order chi connectivity index (χ0) is 12.0. The molecule has 0 aliphatic rings. The Kier molecular flexibility index (Phi) is 4.56. The third kappa shape index (κ3) is 4.99. The lowest BCUT2D eigenvalue weighted by molar-refractivity contribution is 0.362. The van der Waals surface area contributed by atoms with E-state index in [0.717, 1.165) is 12.3 Å². The second kappa shape index (κ2) is 5.71. The van der Waals surface area contributed by atoms with Crippen molar-refractivity contribution in [3.05, 3.63) is 42.5 Å². The topological polar surface area (TPSA) is 21.3 Å². The number of hydrogen-bond donors (Lipinski definition) is 1. The van der Waals surface area contributed by atoms with Crippen molar-refractivity contribution in [1.82, 2.24) is 5.32 Å². The molecule has 0 aliphatic carbocycles. The molecule has 0 saturated heterocycles. The van der Waals surface area contributed by atoms with Crippen molar-refractivity contribution in [3.63, 3.8) is 0 Å². The first-order valence-electron chi connectivity index (χ1n) is 5.59. The Hall–Kier alpha value is -1.28. The maximum atomic E-state index is 5.48. The van der Waals surface area contributed by atoms with Crippen LogP contribution in [0.3, 0.4) is 0 Å². The molecule has 0 radical (unpaired) electrons. The van der Waals surface area contributed by atoms with Gasteiger partial charge >= 0.3 is 0 Å². The summed E-state index contributed by atoms with van der Waals surface area (Å²) in [5.74, 6) is 0.896. The molecular formula is C14H21NO. The number of hydrogen-bond acceptors (Lipinski definition) is 2. The predicted octanol–water partition coefficient (Wildman–Crippen LogP) is 3.14. The van der Waals surface area contributed by atoms with E-state index in [1.165, 1.54) is 5.56 Å². The van der Waals surface area contributed by atoms with Crippen LogP contribution in [0, 0.1) is 0 Å². The molecule has 0 spiro atoms. The van der Waals surface area contributed by atoms with Crippen LogP contribution in [0.1, 0.15) is 26.3 Å². The molecule has 0 atom stereocenters. The van der Waals surface area contributed by atoms with Crippen LogP contribution < -0.4 is 10.1 Å². The maximum absolute atomic E-state index is 5.48.